The van der Waals surface area contributed by atoms with E-state index in [1.54, 1.807) is 0 Å². The van der Waals surface area contributed by atoms with Crippen molar-refractivity contribution in [3.05, 3.63) is 35.6 Å². The highest BCUT2D eigenvalue weighted by molar-refractivity contribution is 7.99. The average Bonchev–Trinajstić information content (AvgIpc) is 3.28. The van der Waals surface area contributed by atoms with Gasteiger partial charge in [0.05, 0.1) is 0 Å². The number of benzene rings is 1. The number of carbonyl (C=O) groups is 1. The minimum absolute atomic E-state index is 0.0912. The number of fused-ring (bicyclic) bond motifs is 1. The van der Waals surface area contributed by atoms with Gasteiger partial charge in [-0.1, -0.05) is 24.5 Å². The molecule has 1 aromatic heterocycles. The fourth-order valence-corrected chi connectivity index (χ4v) is 5.19. The van der Waals surface area contributed by atoms with Crippen molar-refractivity contribution >= 4 is 28.6 Å². The summed E-state index contributed by atoms with van der Waals surface area (Å²) < 4.78 is 5.75. The van der Waals surface area contributed by atoms with Crippen LogP contribution in [0.2, 0.25) is 0 Å². The van der Waals surface area contributed by atoms with Gasteiger partial charge in [0.25, 0.3) is 5.91 Å². The van der Waals surface area contributed by atoms with Gasteiger partial charge in [-0.15, -0.1) is 0 Å². The van der Waals surface area contributed by atoms with Crippen molar-refractivity contribution < 1.29 is 9.21 Å². The fourth-order valence-electron chi connectivity index (χ4n) is 4.28. The molecule has 2 aliphatic rings. The van der Waals surface area contributed by atoms with E-state index in [1.165, 1.54) is 42.8 Å². The molecule has 4 rings (SSSR count). The molecule has 25 heavy (non-hydrogen) atoms. The molecule has 5 heteroatoms. The molecule has 1 saturated carbocycles. The zero-order valence-electron chi connectivity index (χ0n) is 14.8. The number of rotatable bonds is 4. The van der Waals surface area contributed by atoms with Crippen LogP contribution in [0.1, 0.15) is 41.8 Å². The van der Waals surface area contributed by atoms with E-state index in [4.69, 9.17) is 4.42 Å². The highest BCUT2D eigenvalue weighted by Crippen LogP contribution is 2.36. The predicted octanol–water partition coefficient (Wildman–Crippen LogP) is 3.83. The Labute approximate surface area is 153 Å². The molecule has 2 aromatic rings. The molecule has 134 valence electrons. The smallest absolute Gasteiger partial charge is 0.287 e. The van der Waals surface area contributed by atoms with Crippen molar-refractivity contribution in [3.8, 4) is 0 Å². The summed E-state index contributed by atoms with van der Waals surface area (Å²) in [6, 6.07) is 7.86. The van der Waals surface area contributed by atoms with Gasteiger partial charge in [-0.2, -0.15) is 11.8 Å². The van der Waals surface area contributed by atoms with E-state index in [2.05, 4.69) is 16.3 Å². The maximum Gasteiger partial charge on any atom is 0.287 e. The van der Waals surface area contributed by atoms with Crippen molar-refractivity contribution in [1.82, 2.24) is 10.2 Å². The normalized spacial score (nSPS) is 20.8. The van der Waals surface area contributed by atoms with Crippen molar-refractivity contribution in [2.75, 3.05) is 31.1 Å². The number of aryl methyl sites for hydroxylation is 1. The van der Waals surface area contributed by atoms with E-state index in [0.717, 1.165) is 30.6 Å². The van der Waals surface area contributed by atoms with Crippen LogP contribution in [0.4, 0.5) is 0 Å². The predicted molar refractivity (Wildman–Crippen MR) is 103 cm³/mol. The molecule has 1 saturated heterocycles. The van der Waals surface area contributed by atoms with Gasteiger partial charge >= 0.3 is 0 Å². The Bertz CT molecular complexity index is 758. The number of hydrogen-bond donors (Lipinski definition) is 1. The van der Waals surface area contributed by atoms with Crippen molar-refractivity contribution in [2.24, 2.45) is 0 Å². The largest absolute Gasteiger partial charge is 0.451 e. The third-order valence-corrected chi connectivity index (χ3v) is 6.63. The maximum absolute atomic E-state index is 12.7. The molecule has 4 nitrogen and oxygen atoms in total. The first kappa shape index (κ1) is 17.0. The van der Waals surface area contributed by atoms with Crippen molar-refractivity contribution in [3.63, 3.8) is 0 Å². The van der Waals surface area contributed by atoms with Gasteiger partial charge in [-0.25, -0.2) is 0 Å². The van der Waals surface area contributed by atoms with Gasteiger partial charge in [-0.05, 0) is 38.0 Å². The molecule has 2 fully saturated rings. The van der Waals surface area contributed by atoms with Crippen LogP contribution in [0.25, 0.3) is 11.0 Å². The first-order valence-corrected chi connectivity index (χ1v) is 10.4. The molecule has 1 aliphatic heterocycles. The molecule has 0 spiro atoms. The molecular formula is C20H26N2O2S. The van der Waals surface area contributed by atoms with Crippen molar-refractivity contribution in [1.29, 1.82) is 0 Å². The lowest BCUT2D eigenvalue weighted by Gasteiger charge is -2.43. The molecule has 1 aliphatic carbocycles. The summed E-state index contributed by atoms with van der Waals surface area (Å²) in [6.07, 6.45) is 4.92. The Hall–Kier alpha value is -1.46. The molecule has 1 aromatic carbocycles. The third kappa shape index (κ3) is 3.44. The summed E-state index contributed by atoms with van der Waals surface area (Å²) in [7, 11) is 0. The summed E-state index contributed by atoms with van der Waals surface area (Å²) in [5, 5.41) is 4.17. The topological polar surface area (TPSA) is 45.5 Å². The quantitative estimate of drug-likeness (QED) is 0.902. The first-order chi connectivity index (χ1) is 12.2. The average molecular weight is 359 g/mol. The van der Waals surface area contributed by atoms with E-state index in [0.29, 0.717) is 5.76 Å². The number of thioether (sulfide) groups is 1. The first-order valence-electron chi connectivity index (χ1n) is 9.28. The Morgan fingerprint density at radius 3 is 2.76 bits per heavy atom. The molecular weight excluding hydrogens is 332 g/mol. The molecule has 0 unspecified atom stereocenters. The number of furan rings is 1. The van der Waals surface area contributed by atoms with Crippen LogP contribution >= 0.6 is 11.8 Å². The van der Waals surface area contributed by atoms with Crippen LogP contribution in [0.3, 0.4) is 0 Å². The molecule has 1 amide bonds. The van der Waals surface area contributed by atoms with Gasteiger partial charge in [0.1, 0.15) is 5.58 Å². The second kappa shape index (κ2) is 7.04. The van der Waals surface area contributed by atoms with E-state index >= 15 is 0 Å². The number of carbonyl (C=O) groups excluding carboxylic acids is 1. The highest BCUT2D eigenvalue weighted by Gasteiger charge is 2.40. The summed E-state index contributed by atoms with van der Waals surface area (Å²) in [5.41, 5.74) is 2.10. The standard InChI is InChI=1S/C20H26N2O2S/c1-15-4-5-17-16(12-15)13-18(24-17)19(23)21-14-20(6-2-3-7-20)22-8-10-25-11-9-22/h4-5,12-13H,2-3,6-11,14H2,1H3,(H,21,23). The van der Waals surface area contributed by atoms with Crippen LogP contribution in [0, 0.1) is 6.92 Å². The zero-order chi connectivity index (χ0) is 17.3. The number of amides is 1. The summed E-state index contributed by atoms with van der Waals surface area (Å²) in [4.78, 5) is 15.3. The third-order valence-electron chi connectivity index (χ3n) is 5.69. The SMILES string of the molecule is Cc1ccc2oc(C(=O)NCC3(N4CCSCC4)CCCC3)cc2c1. The van der Waals surface area contributed by atoms with Gasteiger partial charge < -0.3 is 9.73 Å². The van der Waals surface area contributed by atoms with E-state index < -0.39 is 0 Å². The minimum atomic E-state index is -0.0912. The Kier molecular flexibility index (Phi) is 4.78. The summed E-state index contributed by atoms with van der Waals surface area (Å²) in [6.45, 7) is 5.06. The summed E-state index contributed by atoms with van der Waals surface area (Å²) >= 11 is 2.04. The molecule has 0 atom stereocenters. The van der Waals surface area contributed by atoms with Gasteiger partial charge in [0.15, 0.2) is 5.76 Å². The number of nitrogens with zero attached hydrogens (tertiary/aromatic N) is 1. The van der Waals surface area contributed by atoms with Gasteiger partial charge in [0, 0.05) is 42.1 Å². The van der Waals surface area contributed by atoms with Crippen LogP contribution in [0.15, 0.2) is 28.7 Å². The minimum Gasteiger partial charge on any atom is -0.451 e. The maximum atomic E-state index is 12.7. The highest BCUT2D eigenvalue weighted by atomic mass is 32.2. The monoisotopic (exact) mass is 358 g/mol. The second-order valence-corrected chi connectivity index (χ2v) is 8.59. The Morgan fingerprint density at radius 1 is 1.24 bits per heavy atom. The Balaban J connectivity index is 1.47. The van der Waals surface area contributed by atoms with Crippen LogP contribution in [-0.4, -0.2) is 47.5 Å². The van der Waals surface area contributed by atoms with Crippen LogP contribution in [-0.2, 0) is 0 Å². The van der Waals surface area contributed by atoms with Crippen LogP contribution < -0.4 is 5.32 Å². The number of hydrogen-bond acceptors (Lipinski definition) is 4. The summed E-state index contributed by atoms with van der Waals surface area (Å²) in [5.74, 6) is 2.74. The molecule has 0 radical (unpaired) electrons. The van der Waals surface area contributed by atoms with E-state index in [9.17, 15) is 4.79 Å². The zero-order valence-corrected chi connectivity index (χ0v) is 15.7. The number of nitrogens with one attached hydrogen (secondary N) is 1. The Morgan fingerprint density at radius 2 is 2.00 bits per heavy atom. The van der Waals surface area contributed by atoms with Crippen LogP contribution in [0.5, 0.6) is 0 Å². The lowest BCUT2D eigenvalue weighted by molar-refractivity contribution is 0.0798. The lowest BCUT2D eigenvalue weighted by atomic mass is 9.94. The molecule has 2 heterocycles. The second-order valence-electron chi connectivity index (χ2n) is 7.37. The van der Waals surface area contributed by atoms with E-state index in [1.807, 2.05) is 36.9 Å². The molecule has 1 N–H and O–H groups in total. The fraction of sp³-hybridized carbons (Fsp3) is 0.550. The van der Waals surface area contributed by atoms with Crippen molar-refractivity contribution in [2.45, 2.75) is 38.1 Å². The van der Waals surface area contributed by atoms with E-state index in [-0.39, 0.29) is 11.4 Å². The van der Waals surface area contributed by atoms with Gasteiger partial charge in [0.2, 0.25) is 0 Å². The molecule has 0 bridgehead atoms. The lowest BCUT2D eigenvalue weighted by Crippen LogP contribution is -2.56. The van der Waals surface area contributed by atoms with Gasteiger partial charge in [-0.3, -0.25) is 9.69 Å².